The first-order valence-corrected chi connectivity index (χ1v) is 10.4. The molecule has 0 radical (unpaired) electrons. The topological polar surface area (TPSA) is 87.2 Å². The Kier molecular flexibility index (Phi) is 5.73. The van der Waals surface area contributed by atoms with Crippen LogP contribution >= 0.6 is 0 Å². The first-order chi connectivity index (χ1) is 12.5. The molecule has 0 aliphatic carbocycles. The number of anilines is 3. The van der Waals surface area contributed by atoms with E-state index in [-0.39, 0.29) is 0 Å². The third kappa shape index (κ3) is 4.13. The molecule has 140 valence electrons. The second-order valence-electron chi connectivity index (χ2n) is 6.37. The Labute approximate surface area is 154 Å². The first kappa shape index (κ1) is 18.6. The maximum atomic E-state index is 12.9. The molecule has 0 amide bonds. The van der Waals surface area contributed by atoms with Crippen molar-refractivity contribution in [3.05, 3.63) is 36.0 Å². The smallest absolute Gasteiger partial charge is 0.243 e. The summed E-state index contributed by atoms with van der Waals surface area (Å²) < 4.78 is 27.3. The number of benzene rings is 1. The number of aromatic nitrogens is 2. The number of hydrogen-bond donors (Lipinski definition) is 2. The molecule has 1 saturated heterocycles. The van der Waals surface area contributed by atoms with E-state index in [0.29, 0.717) is 35.4 Å². The monoisotopic (exact) mass is 375 g/mol. The predicted octanol–water partition coefficient (Wildman–Crippen LogP) is 3.14. The van der Waals surface area contributed by atoms with Gasteiger partial charge in [-0.3, -0.25) is 0 Å². The summed E-state index contributed by atoms with van der Waals surface area (Å²) in [7, 11) is -3.46. The zero-order chi connectivity index (χ0) is 18.6. The van der Waals surface area contributed by atoms with Gasteiger partial charge in [-0.15, -0.1) is 0 Å². The van der Waals surface area contributed by atoms with Crippen molar-refractivity contribution in [1.82, 2.24) is 14.3 Å². The van der Waals surface area contributed by atoms with Crippen LogP contribution in [0.15, 0.2) is 35.4 Å². The van der Waals surface area contributed by atoms with Crippen LogP contribution in [0.2, 0.25) is 0 Å². The molecule has 0 saturated carbocycles. The van der Waals surface area contributed by atoms with Crippen molar-refractivity contribution in [2.45, 2.75) is 38.0 Å². The second kappa shape index (κ2) is 8.01. The highest BCUT2D eigenvalue weighted by Crippen LogP contribution is 2.25. The van der Waals surface area contributed by atoms with Crippen LogP contribution in [0.5, 0.6) is 0 Å². The van der Waals surface area contributed by atoms with Gasteiger partial charge in [-0.2, -0.15) is 9.29 Å². The van der Waals surface area contributed by atoms with Gasteiger partial charge in [-0.05, 0) is 44.9 Å². The van der Waals surface area contributed by atoms with Crippen molar-refractivity contribution in [2.75, 3.05) is 30.3 Å². The summed E-state index contributed by atoms with van der Waals surface area (Å²) in [5.74, 6) is 1.20. The van der Waals surface area contributed by atoms with Gasteiger partial charge in [0, 0.05) is 37.1 Å². The van der Waals surface area contributed by atoms with Gasteiger partial charge in [0.25, 0.3) is 0 Å². The van der Waals surface area contributed by atoms with Crippen LogP contribution in [0.3, 0.4) is 0 Å². The largest absolute Gasteiger partial charge is 0.354 e. The number of piperidine rings is 1. The summed E-state index contributed by atoms with van der Waals surface area (Å²) in [5.41, 5.74) is 1.57. The molecule has 2 aromatic rings. The summed E-state index contributed by atoms with van der Waals surface area (Å²) in [5, 5.41) is 6.29. The minimum absolute atomic E-state index is 0.308. The zero-order valence-electron chi connectivity index (χ0n) is 15.2. The SMILES string of the molecule is CCNc1ncc(C)c(Nc2cccc(S(=O)(=O)N3CCCCC3)c2)n1. The van der Waals surface area contributed by atoms with Crippen LogP contribution in [0.4, 0.5) is 17.5 Å². The second-order valence-corrected chi connectivity index (χ2v) is 8.31. The normalized spacial score (nSPS) is 15.6. The summed E-state index contributed by atoms with van der Waals surface area (Å²) in [6, 6.07) is 6.90. The van der Waals surface area contributed by atoms with Gasteiger partial charge >= 0.3 is 0 Å². The number of rotatable bonds is 6. The highest BCUT2D eigenvalue weighted by atomic mass is 32.2. The van der Waals surface area contributed by atoms with E-state index in [4.69, 9.17) is 0 Å². The predicted molar refractivity (Wildman–Crippen MR) is 103 cm³/mol. The van der Waals surface area contributed by atoms with E-state index in [0.717, 1.165) is 31.4 Å². The number of aryl methyl sites for hydroxylation is 1. The molecule has 1 aliphatic rings. The van der Waals surface area contributed by atoms with E-state index in [1.165, 1.54) is 0 Å². The van der Waals surface area contributed by atoms with Crippen molar-refractivity contribution >= 4 is 27.5 Å². The molecule has 1 aliphatic heterocycles. The van der Waals surface area contributed by atoms with E-state index in [2.05, 4.69) is 20.6 Å². The maximum Gasteiger partial charge on any atom is 0.243 e. The van der Waals surface area contributed by atoms with Gasteiger partial charge in [0.15, 0.2) is 0 Å². The summed E-state index contributed by atoms with van der Waals surface area (Å²) in [4.78, 5) is 8.98. The van der Waals surface area contributed by atoms with Crippen LogP contribution in [0.1, 0.15) is 31.7 Å². The Morgan fingerprint density at radius 3 is 2.69 bits per heavy atom. The van der Waals surface area contributed by atoms with Crippen LogP contribution in [-0.2, 0) is 10.0 Å². The number of nitrogens with zero attached hydrogens (tertiary/aromatic N) is 3. The Morgan fingerprint density at radius 1 is 1.19 bits per heavy atom. The third-order valence-corrected chi connectivity index (χ3v) is 6.25. The molecule has 0 unspecified atom stereocenters. The lowest BCUT2D eigenvalue weighted by Gasteiger charge is -2.26. The molecule has 3 rings (SSSR count). The van der Waals surface area contributed by atoms with Crippen LogP contribution in [-0.4, -0.2) is 42.3 Å². The van der Waals surface area contributed by atoms with E-state index in [1.54, 1.807) is 28.7 Å². The van der Waals surface area contributed by atoms with Crippen LogP contribution < -0.4 is 10.6 Å². The van der Waals surface area contributed by atoms with Crippen molar-refractivity contribution in [3.8, 4) is 0 Å². The molecule has 8 heteroatoms. The molecule has 1 aromatic carbocycles. The van der Waals surface area contributed by atoms with E-state index in [9.17, 15) is 8.42 Å². The molecular weight excluding hydrogens is 350 g/mol. The van der Waals surface area contributed by atoms with Crippen LogP contribution in [0.25, 0.3) is 0 Å². The standard InChI is InChI=1S/C18H25N5O2S/c1-3-19-18-20-13-14(2)17(22-18)21-15-8-7-9-16(12-15)26(24,25)23-10-5-4-6-11-23/h7-9,12-13H,3-6,10-11H2,1-2H3,(H2,19,20,21,22). The fourth-order valence-corrected chi connectivity index (χ4v) is 4.50. The Hall–Kier alpha value is -2.19. The van der Waals surface area contributed by atoms with Crippen molar-refractivity contribution in [1.29, 1.82) is 0 Å². The van der Waals surface area contributed by atoms with Gasteiger partial charge in [0.2, 0.25) is 16.0 Å². The fraction of sp³-hybridized carbons (Fsp3) is 0.444. The number of sulfonamides is 1. The first-order valence-electron chi connectivity index (χ1n) is 8.95. The Balaban J connectivity index is 1.85. The lowest BCUT2D eigenvalue weighted by molar-refractivity contribution is 0.346. The third-order valence-electron chi connectivity index (χ3n) is 4.36. The highest BCUT2D eigenvalue weighted by Gasteiger charge is 2.26. The van der Waals surface area contributed by atoms with E-state index >= 15 is 0 Å². The Bertz CT molecular complexity index is 864. The van der Waals surface area contributed by atoms with Gasteiger partial charge in [-0.1, -0.05) is 12.5 Å². The minimum atomic E-state index is -3.46. The van der Waals surface area contributed by atoms with E-state index in [1.807, 2.05) is 19.9 Å². The number of nitrogens with one attached hydrogen (secondary N) is 2. The lowest BCUT2D eigenvalue weighted by Crippen LogP contribution is -2.35. The average molecular weight is 375 g/mol. The molecule has 1 aromatic heterocycles. The van der Waals surface area contributed by atoms with Gasteiger partial charge in [0.05, 0.1) is 4.90 Å². The van der Waals surface area contributed by atoms with Crippen molar-refractivity contribution < 1.29 is 8.42 Å². The quantitative estimate of drug-likeness (QED) is 0.807. The Morgan fingerprint density at radius 2 is 1.96 bits per heavy atom. The fourth-order valence-electron chi connectivity index (χ4n) is 2.94. The van der Waals surface area contributed by atoms with Gasteiger partial charge < -0.3 is 10.6 Å². The molecule has 2 N–H and O–H groups in total. The molecule has 0 bridgehead atoms. The summed E-state index contributed by atoms with van der Waals surface area (Å²) >= 11 is 0. The molecule has 0 atom stereocenters. The van der Waals surface area contributed by atoms with Crippen molar-refractivity contribution in [3.63, 3.8) is 0 Å². The molecule has 7 nitrogen and oxygen atoms in total. The lowest BCUT2D eigenvalue weighted by atomic mass is 10.2. The van der Waals surface area contributed by atoms with Crippen LogP contribution in [0, 0.1) is 6.92 Å². The number of hydrogen-bond acceptors (Lipinski definition) is 6. The van der Waals surface area contributed by atoms with Gasteiger partial charge in [-0.25, -0.2) is 13.4 Å². The summed E-state index contributed by atoms with van der Waals surface area (Å²) in [6.07, 6.45) is 4.67. The van der Waals surface area contributed by atoms with E-state index < -0.39 is 10.0 Å². The highest BCUT2D eigenvalue weighted by molar-refractivity contribution is 7.89. The summed E-state index contributed by atoms with van der Waals surface area (Å²) in [6.45, 7) is 5.80. The molecule has 1 fully saturated rings. The van der Waals surface area contributed by atoms with Gasteiger partial charge in [0.1, 0.15) is 5.82 Å². The molecular formula is C18H25N5O2S. The maximum absolute atomic E-state index is 12.9. The molecule has 26 heavy (non-hydrogen) atoms. The average Bonchev–Trinajstić information content (AvgIpc) is 2.66. The molecule has 2 heterocycles. The molecule has 0 spiro atoms. The minimum Gasteiger partial charge on any atom is -0.354 e. The van der Waals surface area contributed by atoms with Crippen molar-refractivity contribution in [2.24, 2.45) is 0 Å². The zero-order valence-corrected chi connectivity index (χ0v) is 16.0.